The number of anilines is 1. The fourth-order valence-corrected chi connectivity index (χ4v) is 3.15. The number of nitrogens with one attached hydrogen (secondary N) is 2. The van der Waals surface area contributed by atoms with Crippen molar-refractivity contribution in [3.63, 3.8) is 0 Å². The van der Waals surface area contributed by atoms with Gasteiger partial charge in [0, 0.05) is 25.3 Å². The first-order valence-electron chi connectivity index (χ1n) is 9.22. The number of benzene rings is 2. The Bertz CT molecular complexity index is 764. The van der Waals surface area contributed by atoms with E-state index in [1.165, 1.54) is 16.8 Å². The van der Waals surface area contributed by atoms with E-state index in [0.717, 1.165) is 31.9 Å². The highest BCUT2D eigenvalue weighted by Crippen LogP contribution is 2.27. The molecule has 1 aliphatic heterocycles. The van der Waals surface area contributed by atoms with Gasteiger partial charge in [-0.15, -0.1) is 24.0 Å². The standard InChI is InChI=1S/C21H26N4O.HI/c1-2-22-21(25-15-13-18-10-6-7-11-19(18)25)24-16-20(26)23-14-12-17-8-4-3-5-9-17;/h3-11H,2,12-16H2,1H3,(H,22,24)(H,23,26);1H. The second-order valence-corrected chi connectivity index (χ2v) is 6.29. The van der Waals surface area contributed by atoms with Gasteiger partial charge in [0.1, 0.15) is 6.54 Å². The predicted octanol–water partition coefficient (Wildman–Crippen LogP) is 2.99. The molecule has 1 aliphatic rings. The highest BCUT2D eigenvalue weighted by atomic mass is 127. The van der Waals surface area contributed by atoms with Gasteiger partial charge in [0.15, 0.2) is 5.96 Å². The van der Waals surface area contributed by atoms with Crippen molar-refractivity contribution in [1.82, 2.24) is 10.6 Å². The average molecular weight is 478 g/mol. The minimum atomic E-state index is -0.0520. The topological polar surface area (TPSA) is 56.7 Å². The third kappa shape index (κ3) is 5.95. The SMILES string of the molecule is CCNC(=NCC(=O)NCCc1ccccc1)N1CCc2ccccc21.I. The largest absolute Gasteiger partial charge is 0.356 e. The number of halogens is 1. The van der Waals surface area contributed by atoms with Crippen molar-refractivity contribution in [1.29, 1.82) is 0 Å². The smallest absolute Gasteiger partial charge is 0.241 e. The maximum absolute atomic E-state index is 12.1. The summed E-state index contributed by atoms with van der Waals surface area (Å²) >= 11 is 0. The maximum atomic E-state index is 12.1. The van der Waals surface area contributed by atoms with Crippen LogP contribution in [-0.4, -0.2) is 38.0 Å². The molecule has 5 nitrogen and oxygen atoms in total. The van der Waals surface area contributed by atoms with Crippen molar-refractivity contribution in [2.24, 2.45) is 4.99 Å². The van der Waals surface area contributed by atoms with Crippen molar-refractivity contribution in [3.05, 3.63) is 65.7 Å². The van der Waals surface area contributed by atoms with Crippen LogP contribution in [-0.2, 0) is 17.6 Å². The molecule has 0 atom stereocenters. The Kier molecular flexibility index (Phi) is 8.57. The first kappa shape index (κ1) is 21.2. The first-order chi connectivity index (χ1) is 12.8. The molecule has 6 heteroatoms. The third-order valence-electron chi connectivity index (χ3n) is 4.43. The number of para-hydroxylation sites is 1. The van der Waals surface area contributed by atoms with Gasteiger partial charge in [-0.2, -0.15) is 0 Å². The molecule has 1 heterocycles. The summed E-state index contributed by atoms with van der Waals surface area (Å²) in [4.78, 5) is 18.8. The lowest BCUT2D eigenvalue weighted by Gasteiger charge is -2.22. The Labute approximate surface area is 178 Å². The van der Waals surface area contributed by atoms with Crippen molar-refractivity contribution < 1.29 is 4.79 Å². The average Bonchev–Trinajstić information content (AvgIpc) is 3.10. The van der Waals surface area contributed by atoms with E-state index in [1.54, 1.807) is 0 Å². The van der Waals surface area contributed by atoms with Gasteiger partial charge in [-0.25, -0.2) is 4.99 Å². The van der Waals surface area contributed by atoms with Crippen LogP contribution in [0.5, 0.6) is 0 Å². The van der Waals surface area contributed by atoms with Crippen LogP contribution in [0.1, 0.15) is 18.1 Å². The van der Waals surface area contributed by atoms with Crippen LogP contribution < -0.4 is 15.5 Å². The molecular formula is C21H27IN4O. The molecule has 0 bridgehead atoms. The van der Waals surface area contributed by atoms with Crippen LogP contribution in [0, 0.1) is 0 Å². The molecule has 27 heavy (non-hydrogen) atoms. The molecule has 0 saturated heterocycles. The molecule has 0 unspecified atom stereocenters. The summed E-state index contributed by atoms with van der Waals surface area (Å²) in [6.07, 6.45) is 1.83. The van der Waals surface area contributed by atoms with Crippen LogP contribution in [0.3, 0.4) is 0 Å². The molecule has 0 aromatic heterocycles. The van der Waals surface area contributed by atoms with E-state index in [9.17, 15) is 4.79 Å². The van der Waals surface area contributed by atoms with Gasteiger partial charge in [-0.3, -0.25) is 4.79 Å². The summed E-state index contributed by atoms with van der Waals surface area (Å²) in [5.41, 5.74) is 3.72. The molecule has 144 valence electrons. The van der Waals surface area contributed by atoms with E-state index >= 15 is 0 Å². The quantitative estimate of drug-likeness (QED) is 0.382. The predicted molar refractivity (Wildman–Crippen MR) is 122 cm³/mol. The summed E-state index contributed by atoms with van der Waals surface area (Å²) in [6.45, 7) is 4.46. The molecule has 2 aromatic carbocycles. The number of nitrogens with zero attached hydrogens (tertiary/aromatic N) is 2. The van der Waals surface area contributed by atoms with E-state index < -0.39 is 0 Å². The number of amides is 1. The highest BCUT2D eigenvalue weighted by Gasteiger charge is 2.22. The molecule has 0 saturated carbocycles. The van der Waals surface area contributed by atoms with E-state index in [4.69, 9.17) is 0 Å². The van der Waals surface area contributed by atoms with Crippen molar-refractivity contribution in [2.75, 3.05) is 31.1 Å². The summed E-state index contributed by atoms with van der Waals surface area (Å²) in [6, 6.07) is 18.5. The van der Waals surface area contributed by atoms with Crippen molar-refractivity contribution >= 4 is 41.5 Å². The van der Waals surface area contributed by atoms with Gasteiger partial charge in [0.2, 0.25) is 5.91 Å². The first-order valence-corrected chi connectivity index (χ1v) is 9.22. The lowest BCUT2D eigenvalue weighted by molar-refractivity contribution is -0.119. The van der Waals surface area contributed by atoms with E-state index in [-0.39, 0.29) is 36.4 Å². The molecule has 0 radical (unpaired) electrons. The second kappa shape index (κ2) is 10.9. The molecule has 0 spiro atoms. The Hall–Kier alpha value is -2.09. The molecule has 2 N–H and O–H groups in total. The zero-order chi connectivity index (χ0) is 18.2. The summed E-state index contributed by atoms with van der Waals surface area (Å²) in [7, 11) is 0. The third-order valence-corrected chi connectivity index (χ3v) is 4.43. The zero-order valence-electron chi connectivity index (χ0n) is 15.6. The number of guanidine groups is 1. The number of carbonyl (C=O) groups is 1. The number of hydrogen-bond acceptors (Lipinski definition) is 2. The van der Waals surface area contributed by atoms with Crippen LogP contribution >= 0.6 is 24.0 Å². The van der Waals surface area contributed by atoms with Gasteiger partial charge in [-0.1, -0.05) is 48.5 Å². The normalized spacial score (nSPS) is 12.9. The lowest BCUT2D eigenvalue weighted by Crippen LogP contribution is -2.41. The monoisotopic (exact) mass is 478 g/mol. The van der Waals surface area contributed by atoms with Gasteiger partial charge in [0.05, 0.1) is 0 Å². The Balaban J connectivity index is 0.00000261. The highest BCUT2D eigenvalue weighted by molar-refractivity contribution is 14.0. The van der Waals surface area contributed by atoms with Crippen molar-refractivity contribution in [2.45, 2.75) is 19.8 Å². The molecule has 0 aliphatic carbocycles. The fourth-order valence-electron chi connectivity index (χ4n) is 3.15. The van der Waals surface area contributed by atoms with Crippen LogP contribution in [0.2, 0.25) is 0 Å². The minimum Gasteiger partial charge on any atom is -0.356 e. The van der Waals surface area contributed by atoms with Gasteiger partial charge in [0.25, 0.3) is 0 Å². The minimum absolute atomic E-state index is 0. The van der Waals surface area contributed by atoms with E-state index in [2.05, 4.69) is 50.9 Å². The number of aliphatic imine (C=N–C) groups is 1. The second-order valence-electron chi connectivity index (χ2n) is 6.29. The Morgan fingerprint density at radius 1 is 1.07 bits per heavy atom. The molecule has 0 fully saturated rings. The number of hydrogen-bond donors (Lipinski definition) is 2. The number of fused-ring (bicyclic) bond motifs is 1. The molecular weight excluding hydrogens is 451 g/mol. The zero-order valence-corrected chi connectivity index (χ0v) is 18.0. The Morgan fingerprint density at radius 2 is 1.81 bits per heavy atom. The van der Waals surface area contributed by atoms with E-state index in [0.29, 0.717) is 6.54 Å². The summed E-state index contributed by atoms with van der Waals surface area (Å²) < 4.78 is 0. The number of rotatable bonds is 6. The van der Waals surface area contributed by atoms with Gasteiger partial charge in [-0.05, 0) is 37.0 Å². The number of carbonyl (C=O) groups excluding carboxylic acids is 1. The van der Waals surface area contributed by atoms with Gasteiger partial charge < -0.3 is 15.5 Å². The van der Waals surface area contributed by atoms with Crippen LogP contribution in [0.15, 0.2) is 59.6 Å². The van der Waals surface area contributed by atoms with Crippen LogP contribution in [0.4, 0.5) is 5.69 Å². The molecule has 3 rings (SSSR count). The fraction of sp³-hybridized carbons (Fsp3) is 0.333. The van der Waals surface area contributed by atoms with Crippen molar-refractivity contribution in [3.8, 4) is 0 Å². The van der Waals surface area contributed by atoms with Crippen LogP contribution in [0.25, 0.3) is 0 Å². The molecule has 1 amide bonds. The lowest BCUT2D eigenvalue weighted by atomic mass is 10.1. The van der Waals surface area contributed by atoms with Gasteiger partial charge >= 0.3 is 0 Å². The molecule has 2 aromatic rings. The van der Waals surface area contributed by atoms with E-state index in [1.807, 2.05) is 31.2 Å². The summed E-state index contributed by atoms with van der Waals surface area (Å²) in [5, 5.41) is 6.24. The Morgan fingerprint density at radius 3 is 2.59 bits per heavy atom. The maximum Gasteiger partial charge on any atom is 0.241 e. The summed E-state index contributed by atoms with van der Waals surface area (Å²) in [5.74, 6) is 0.722.